The predicted octanol–water partition coefficient (Wildman–Crippen LogP) is 5.50. The van der Waals surface area contributed by atoms with E-state index in [2.05, 4.69) is 31.3 Å². The molecule has 5 heterocycles. The number of aromatic amines is 1. The van der Waals surface area contributed by atoms with Crippen molar-refractivity contribution in [3.05, 3.63) is 107 Å². The Bertz CT molecular complexity index is 2180. The summed E-state index contributed by atoms with van der Waals surface area (Å²) in [6.45, 7) is 0.442. The van der Waals surface area contributed by atoms with E-state index in [9.17, 15) is 21.6 Å². The molecule has 7 rings (SSSR count). The molecule has 4 aromatic rings. The maximum absolute atomic E-state index is 14.6. The Morgan fingerprint density at radius 2 is 2.02 bits per heavy atom. The summed E-state index contributed by atoms with van der Waals surface area (Å²) in [6, 6.07) is 8.16. The van der Waals surface area contributed by atoms with Crippen LogP contribution in [0.25, 0.3) is 33.4 Å². The zero-order chi connectivity index (χ0) is 34.3. The summed E-state index contributed by atoms with van der Waals surface area (Å²) in [5, 5.41) is 11.0. The van der Waals surface area contributed by atoms with Gasteiger partial charge in [-0.2, -0.15) is 5.10 Å². The van der Waals surface area contributed by atoms with Crippen molar-refractivity contribution in [2.45, 2.75) is 38.2 Å². The lowest BCUT2D eigenvalue weighted by Gasteiger charge is -2.21. The Labute approximate surface area is 281 Å². The fraction of sp³-hybridized carbons (Fsp3) is 0.286. The van der Waals surface area contributed by atoms with Crippen molar-refractivity contribution in [3.63, 3.8) is 0 Å². The van der Waals surface area contributed by atoms with E-state index in [4.69, 9.17) is 10.7 Å². The van der Waals surface area contributed by atoms with Gasteiger partial charge in [-0.1, -0.05) is 17.7 Å². The van der Waals surface area contributed by atoms with Crippen LogP contribution in [0.1, 0.15) is 41.8 Å². The maximum Gasteiger partial charge on any atom is 0.261 e. The third kappa shape index (κ3) is 7.61. The van der Waals surface area contributed by atoms with Crippen LogP contribution in [0.15, 0.2) is 78.3 Å². The molecule has 0 amide bonds. The quantitative estimate of drug-likeness (QED) is 0.160. The second kappa shape index (κ2) is 12.9. The molecule has 3 aliphatic rings. The first kappa shape index (κ1) is 32.7. The number of halogens is 3. The van der Waals surface area contributed by atoms with Crippen molar-refractivity contribution in [1.29, 1.82) is 0 Å². The first-order valence-corrected chi connectivity index (χ1v) is 17.8. The summed E-state index contributed by atoms with van der Waals surface area (Å²) in [5.41, 5.74) is 15.6. The van der Waals surface area contributed by atoms with Crippen LogP contribution in [-0.2, 0) is 23.0 Å². The first-order valence-electron chi connectivity index (χ1n) is 15.9. The third-order valence-electron chi connectivity index (χ3n) is 8.71. The van der Waals surface area contributed by atoms with Gasteiger partial charge in [0.2, 0.25) is 10.0 Å². The zero-order valence-electron chi connectivity index (χ0n) is 26.7. The molecule has 5 N–H and O–H groups in total. The van der Waals surface area contributed by atoms with Gasteiger partial charge in [0, 0.05) is 49.6 Å². The number of pyridine rings is 2. The van der Waals surface area contributed by atoms with E-state index < -0.39 is 21.8 Å². The number of rotatable bonds is 10. The summed E-state index contributed by atoms with van der Waals surface area (Å²) in [4.78, 5) is 11.1. The van der Waals surface area contributed by atoms with E-state index in [0.717, 1.165) is 35.9 Å². The van der Waals surface area contributed by atoms with E-state index in [-0.39, 0.29) is 19.5 Å². The van der Waals surface area contributed by atoms with Gasteiger partial charge >= 0.3 is 0 Å². The largest absolute Gasteiger partial charge is 0.404 e. The van der Waals surface area contributed by atoms with Gasteiger partial charge in [0.15, 0.2) is 0 Å². The van der Waals surface area contributed by atoms with Gasteiger partial charge in [0.05, 0.1) is 41.6 Å². The number of hydrogen-bond donors (Lipinski definition) is 4. The summed E-state index contributed by atoms with van der Waals surface area (Å²) in [5.74, 6) is -3.16. The van der Waals surface area contributed by atoms with E-state index in [0.29, 0.717) is 69.9 Å². The van der Waals surface area contributed by atoms with Crippen molar-refractivity contribution >= 4 is 38.0 Å². The van der Waals surface area contributed by atoms with Crippen molar-refractivity contribution in [1.82, 2.24) is 29.8 Å². The average molecular weight is 689 g/mol. The lowest BCUT2D eigenvalue weighted by molar-refractivity contribution is 0.0131. The van der Waals surface area contributed by atoms with Crippen LogP contribution in [0, 0.1) is 5.82 Å². The molecule has 0 atom stereocenters. The van der Waals surface area contributed by atoms with Crippen LogP contribution < -0.4 is 15.8 Å². The number of fused-ring (bicyclic) bond motifs is 2. The van der Waals surface area contributed by atoms with E-state index in [1.54, 1.807) is 23.4 Å². The molecular weight excluding hydrogens is 654 g/mol. The molecule has 2 fully saturated rings. The summed E-state index contributed by atoms with van der Waals surface area (Å²) in [6.07, 6.45) is 14.2. The Kier molecular flexibility index (Phi) is 8.63. The zero-order valence-corrected chi connectivity index (χ0v) is 27.5. The summed E-state index contributed by atoms with van der Waals surface area (Å²) < 4.78 is 68.1. The van der Waals surface area contributed by atoms with Gasteiger partial charge in [0.1, 0.15) is 17.0 Å². The topological polar surface area (TPSA) is 142 Å². The standard InChI is InChI=1S/C35H35F3N8O2S/c1-49(47,48)41-16-22-11-24(14-26(36)13-22)28-17-40-18-32-27(28)4-5-30(42-32)34-33-31(44-45-34)7-6-29(43-33)25(15-39)12-23(10-21-2-3-21)19-46-9-8-35(37,38)20-46/h5-7,10-15,17-18,41-42H,2-4,8-9,16,19-20,39H2,1H3,(H,44,45)/b23-12+,25-15+. The highest BCUT2D eigenvalue weighted by Crippen LogP contribution is 2.37. The molecule has 0 spiro atoms. The van der Waals surface area contributed by atoms with Crippen molar-refractivity contribution < 1.29 is 21.6 Å². The number of allylic oxidation sites excluding steroid dienone is 4. The second-order valence-electron chi connectivity index (χ2n) is 12.7. The Morgan fingerprint density at radius 3 is 2.76 bits per heavy atom. The van der Waals surface area contributed by atoms with Crippen molar-refractivity contribution in [3.8, 4) is 11.1 Å². The van der Waals surface area contributed by atoms with Gasteiger partial charge in [-0.05, 0) is 77.9 Å². The molecule has 1 aromatic carbocycles. The number of nitrogens with one attached hydrogen (secondary N) is 3. The lowest BCUT2D eigenvalue weighted by atomic mass is 9.94. The number of alkyl halides is 2. The highest BCUT2D eigenvalue weighted by Gasteiger charge is 2.38. The summed E-state index contributed by atoms with van der Waals surface area (Å²) >= 11 is 0. The minimum Gasteiger partial charge on any atom is -0.404 e. The highest BCUT2D eigenvalue weighted by molar-refractivity contribution is 7.88. The molecule has 0 unspecified atom stereocenters. The number of likely N-dealkylation sites (tertiary alicyclic amines) is 1. The Balaban J connectivity index is 1.16. The molecule has 0 bridgehead atoms. The van der Waals surface area contributed by atoms with E-state index >= 15 is 0 Å². The number of benzene rings is 1. The Hall–Kier alpha value is -4.79. The molecule has 2 aliphatic heterocycles. The number of anilines is 1. The SMILES string of the molecule is CS(=O)(=O)NCc1cc(F)cc(-c2cncc3c2CC=C(c2n[nH]c4ccc(C(/C=C(\C=C5CC5)CN5CCC(F)(F)C5)=C/N)nc24)N3)c1. The molecule has 0 radical (unpaired) electrons. The van der Waals surface area contributed by atoms with Crippen LogP contribution in [-0.4, -0.2) is 65.3 Å². The molecule has 1 aliphatic carbocycles. The smallest absolute Gasteiger partial charge is 0.261 e. The van der Waals surface area contributed by atoms with Gasteiger partial charge < -0.3 is 11.1 Å². The van der Waals surface area contributed by atoms with Crippen LogP contribution >= 0.6 is 0 Å². The van der Waals surface area contributed by atoms with Crippen LogP contribution in [0.4, 0.5) is 18.9 Å². The molecule has 10 nitrogen and oxygen atoms in total. The number of sulfonamides is 1. The van der Waals surface area contributed by atoms with Crippen LogP contribution in [0.3, 0.4) is 0 Å². The number of aromatic nitrogens is 4. The van der Waals surface area contributed by atoms with Crippen molar-refractivity contribution in [2.24, 2.45) is 5.73 Å². The number of nitrogens with two attached hydrogens (primary N) is 1. The molecule has 1 saturated heterocycles. The molecule has 3 aromatic heterocycles. The summed E-state index contributed by atoms with van der Waals surface area (Å²) in [7, 11) is -3.45. The normalized spacial score (nSPS) is 18.0. The van der Waals surface area contributed by atoms with Crippen molar-refractivity contribution in [2.75, 3.05) is 31.2 Å². The highest BCUT2D eigenvalue weighted by atomic mass is 32.2. The molecule has 1 saturated carbocycles. The van der Waals surface area contributed by atoms with Gasteiger partial charge in [-0.25, -0.2) is 31.3 Å². The number of hydrogen-bond acceptors (Lipinski definition) is 8. The predicted molar refractivity (Wildman–Crippen MR) is 184 cm³/mol. The monoisotopic (exact) mass is 688 g/mol. The first-order chi connectivity index (χ1) is 23.4. The van der Waals surface area contributed by atoms with Crippen LogP contribution in [0.5, 0.6) is 0 Å². The molecular formula is C35H35F3N8O2S. The molecule has 14 heteroatoms. The lowest BCUT2D eigenvalue weighted by Crippen LogP contribution is -2.26. The van der Waals surface area contributed by atoms with Crippen LogP contribution in [0.2, 0.25) is 0 Å². The molecule has 49 heavy (non-hydrogen) atoms. The minimum absolute atomic E-state index is 0.0389. The Morgan fingerprint density at radius 1 is 1.18 bits per heavy atom. The maximum atomic E-state index is 14.6. The van der Waals surface area contributed by atoms with E-state index in [1.165, 1.54) is 23.9 Å². The fourth-order valence-corrected chi connectivity index (χ4v) is 6.64. The third-order valence-corrected chi connectivity index (χ3v) is 9.38. The average Bonchev–Trinajstić information content (AvgIpc) is 3.67. The fourth-order valence-electron chi connectivity index (χ4n) is 6.21. The van der Waals surface area contributed by atoms with E-state index in [1.807, 2.05) is 24.3 Å². The van der Waals surface area contributed by atoms with Gasteiger partial charge in [0.25, 0.3) is 5.92 Å². The van der Waals surface area contributed by atoms with Gasteiger partial charge in [-0.15, -0.1) is 0 Å². The van der Waals surface area contributed by atoms with Gasteiger partial charge in [-0.3, -0.25) is 15.0 Å². The minimum atomic E-state index is -3.45. The molecule has 254 valence electrons. The number of nitrogens with zero attached hydrogens (tertiary/aromatic N) is 4. The number of H-pyrrole nitrogens is 1. The second-order valence-corrected chi connectivity index (χ2v) is 14.6.